The highest BCUT2D eigenvalue weighted by molar-refractivity contribution is 5.95. The van der Waals surface area contributed by atoms with E-state index in [9.17, 15) is 4.79 Å². The van der Waals surface area contributed by atoms with Gasteiger partial charge in [0.1, 0.15) is 0 Å². The third kappa shape index (κ3) is 3.36. The van der Waals surface area contributed by atoms with Crippen LogP contribution in [-0.2, 0) is 0 Å². The lowest BCUT2D eigenvalue weighted by atomic mass is 10.1. The minimum atomic E-state index is -0.0194. The minimum absolute atomic E-state index is 0.0194. The average Bonchev–Trinajstić information content (AvgIpc) is 2.18. The third-order valence-electron chi connectivity index (χ3n) is 2.37. The molecule has 0 aromatic heterocycles. The summed E-state index contributed by atoms with van der Waals surface area (Å²) in [6, 6.07) is 7.69. The average molecular weight is 206 g/mol. The first-order valence-corrected chi connectivity index (χ1v) is 5.21. The van der Waals surface area contributed by atoms with Gasteiger partial charge in [0.2, 0.25) is 0 Å². The Bertz CT molecular complexity index is 336. The fourth-order valence-corrected chi connectivity index (χ4v) is 1.45. The van der Waals surface area contributed by atoms with E-state index in [2.05, 4.69) is 5.32 Å². The number of rotatable bonds is 4. The molecule has 0 aliphatic rings. The van der Waals surface area contributed by atoms with E-state index in [1.165, 1.54) is 0 Å². The molecule has 0 spiro atoms. The Morgan fingerprint density at radius 3 is 2.73 bits per heavy atom. The summed E-state index contributed by atoms with van der Waals surface area (Å²) in [4.78, 5) is 11.8. The van der Waals surface area contributed by atoms with Crippen LogP contribution in [0.3, 0.4) is 0 Å². The predicted molar refractivity (Wildman–Crippen MR) is 61.8 cm³/mol. The van der Waals surface area contributed by atoms with Gasteiger partial charge in [0.05, 0.1) is 0 Å². The molecule has 0 heterocycles. The highest BCUT2D eigenvalue weighted by Gasteiger charge is 2.10. The maximum Gasteiger partial charge on any atom is 0.251 e. The van der Waals surface area contributed by atoms with Crippen molar-refractivity contribution in [1.82, 2.24) is 5.32 Å². The van der Waals surface area contributed by atoms with Crippen LogP contribution in [0.15, 0.2) is 24.3 Å². The van der Waals surface area contributed by atoms with E-state index < -0.39 is 0 Å². The van der Waals surface area contributed by atoms with Gasteiger partial charge < -0.3 is 11.1 Å². The smallest absolute Gasteiger partial charge is 0.251 e. The molecule has 1 amide bonds. The number of hydrogen-bond acceptors (Lipinski definition) is 2. The second-order valence-electron chi connectivity index (χ2n) is 3.77. The van der Waals surface area contributed by atoms with Crippen molar-refractivity contribution in [2.24, 2.45) is 5.73 Å². The molecule has 1 atom stereocenters. The van der Waals surface area contributed by atoms with Crippen molar-refractivity contribution in [1.29, 1.82) is 0 Å². The minimum Gasteiger partial charge on any atom is -0.350 e. The molecule has 1 aromatic rings. The first-order valence-electron chi connectivity index (χ1n) is 5.21. The van der Waals surface area contributed by atoms with Gasteiger partial charge in [0.25, 0.3) is 5.91 Å². The fourth-order valence-electron chi connectivity index (χ4n) is 1.45. The van der Waals surface area contributed by atoms with Crippen LogP contribution in [0.4, 0.5) is 0 Å². The number of hydrogen-bond donors (Lipinski definition) is 2. The van der Waals surface area contributed by atoms with E-state index >= 15 is 0 Å². The number of carbonyl (C=O) groups excluding carboxylic acids is 1. The van der Waals surface area contributed by atoms with Gasteiger partial charge in [-0.15, -0.1) is 0 Å². The van der Waals surface area contributed by atoms with Crippen LogP contribution in [0.1, 0.15) is 29.3 Å². The first-order chi connectivity index (χ1) is 7.15. The molecule has 3 heteroatoms. The van der Waals surface area contributed by atoms with Crippen molar-refractivity contribution in [2.45, 2.75) is 26.3 Å². The molecule has 0 saturated heterocycles. The lowest BCUT2D eigenvalue weighted by Gasteiger charge is -2.13. The zero-order valence-electron chi connectivity index (χ0n) is 9.29. The van der Waals surface area contributed by atoms with E-state index in [-0.39, 0.29) is 11.9 Å². The van der Waals surface area contributed by atoms with Gasteiger partial charge in [0.15, 0.2) is 0 Å². The summed E-state index contributed by atoms with van der Waals surface area (Å²) in [5.74, 6) is -0.0194. The second kappa shape index (κ2) is 5.51. The molecule has 1 unspecified atom stereocenters. The van der Waals surface area contributed by atoms with Gasteiger partial charge in [-0.1, -0.05) is 18.2 Å². The molecule has 3 N–H and O–H groups in total. The topological polar surface area (TPSA) is 55.1 Å². The number of amides is 1. The molecule has 1 aromatic carbocycles. The highest BCUT2D eigenvalue weighted by atomic mass is 16.1. The Labute approximate surface area is 90.7 Å². The van der Waals surface area contributed by atoms with Crippen molar-refractivity contribution >= 4 is 5.91 Å². The Morgan fingerprint density at radius 1 is 1.47 bits per heavy atom. The van der Waals surface area contributed by atoms with Crippen LogP contribution in [0, 0.1) is 6.92 Å². The maximum atomic E-state index is 11.8. The predicted octanol–water partition coefficient (Wildman–Crippen LogP) is 1.46. The van der Waals surface area contributed by atoms with E-state index in [4.69, 9.17) is 5.73 Å². The van der Waals surface area contributed by atoms with Gasteiger partial charge in [-0.05, 0) is 38.4 Å². The third-order valence-corrected chi connectivity index (χ3v) is 2.37. The Balaban J connectivity index is 2.65. The summed E-state index contributed by atoms with van der Waals surface area (Å²) in [5.41, 5.74) is 7.16. The second-order valence-corrected chi connectivity index (χ2v) is 3.77. The largest absolute Gasteiger partial charge is 0.350 e. The monoisotopic (exact) mass is 206 g/mol. The molecular formula is C12H18N2O. The van der Waals surface area contributed by atoms with Gasteiger partial charge >= 0.3 is 0 Å². The zero-order valence-corrected chi connectivity index (χ0v) is 9.29. The van der Waals surface area contributed by atoms with Crippen LogP contribution in [0.2, 0.25) is 0 Å². The quantitative estimate of drug-likeness (QED) is 0.783. The summed E-state index contributed by atoms with van der Waals surface area (Å²) in [7, 11) is 0. The molecule has 82 valence electrons. The van der Waals surface area contributed by atoms with Gasteiger partial charge in [-0.3, -0.25) is 4.79 Å². The Hall–Kier alpha value is -1.35. The van der Waals surface area contributed by atoms with Crippen molar-refractivity contribution < 1.29 is 4.79 Å². The molecule has 0 aliphatic heterocycles. The van der Waals surface area contributed by atoms with E-state index in [0.717, 1.165) is 17.5 Å². The van der Waals surface area contributed by atoms with Crippen LogP contribution in [0.5, 0.6) is 0 Å². The SMILES string of the molecule is Cc1ccccc1C(=O)NC(C)CCN. The summed E-state index contributed by atoms with van der Waals surface area (Å²) in [6.07, 6.45) is 0.803. The molecule has 0 bridgehead atoms. The molecule has 0 aliphatic carbocycles. The van der Waals surface area contributed by atoms with Crippen molar-refractivity contribution in [3.8, 4) is 0 Å². The molecular weight excluding hydrogens is 188 g/mol. The van der Waals surface area contributed by atoms with Crippen molar-refractivity contribution in [3.05, 3.63) is 35.4 Å². The van der Waals surface area contributed by atoms with Gasteiger partial charge in [-0.25, -0.2) is 0 Å². The van der Waals surface area contributed by atoms with Crippen LogP contribution in [0.25, 0.3) is 0 Å². The Morgan fingerprint density at radius 2 is 2.13 bits per heavy atom. The van der Waals surface area contributed by atoms with Crippen molar-refractivity contribution in [3.63, 3.8) is 0 Å². The number of nitrogens with one attached hydrogen (secondary N) is 1. The van der Waals surface area contributed by atoms with Crippen LogP contribution < -0.4 is 11.1 Å². The Kier molecular flexibility index (Phi) is 4.31. The van der Waals surface area contributed by atoms with Crippen LogP contribution in [-0.4, -0.2) is 18.5 Å². The summed E-state index contributed by atoms with van der Waals surface area (Å²) in [5, 5.41) is 2.92. The molecule has 15 heavy (non-hydrogen) atoms. The summed E-state index contributed by atoms with van der Waals surface area (Å²) in [6.45, 7) is 4.49. The molecule has 0 radical (unpaired) electrons. The lowest BCUT2D eigenvalue weighted by Crippen LogP contribution is -2.34. The van der Waals surface area contributed by atoms with Crippen LogP contribution >= 0.6 is 0 Å². The van der Waals surface area contributed by atoms with Crippen molar-refractivity contribution in [2.75, 3.05) is 6.54 Å². The maximum absolute atomic E-state index is 11.8. The van der Waals surface area contributed by atoms with Gasteiger partial charge in [-0.2, -0.15) is 0 Å². The summed E-state index contributed by atoms with van der Waals surface area (Å²) < 4.78 is 0. The number of aryl methyl sites for hydroxylation is 1. The van der Waals surface area contributed by atoms with E-state index in [1.807, 2.05) is 38.1 Å². The lowest BCUT2D eigenvalue weighted by molar-refractivity contribution is 0.0938. The first kappa shape index (κ1) is 11.7. The molecule has 1 rings (SSSR count). The molecule has 0 fully saturated rings. The number of nitrogens with two attached hydrogens (primary N) is 1. The van der Waals surface area contributed by atoms with E-state index in [0.29, 0.717) is 6.54 Å². The van der Waals surface area contributed by atoms with E-state index in [1.54, 1.807) is 0 Å². The summed E-state index contributed by atoms with van der Waals surface area (Å²) >= 11 is 0. The highest BCUT2D eigenvalue weighted by Crippen LogP contribution is 2.07. The standard InChI is InChI=1S/C12H18N2O/c1-9-5-3-4-6-11(9)12(15)14-10(2)7-8-13/h3-6,10H,7-8,13H2,1-2H3,(H,14,15). The van der Waals surface area contributed by atoms with Gasteiger partial charge in [0, 0.05) is 11.6 Å². The molecule has 3 nitrogen and oxygen atoms in total. The normalized spacial score (nSPS) is 12.2. The number of carbonyl (C=O) groups is 1. The molecule has 0 saturated carbocycles. The zero-order chi connectivity index (χ0) is 11.3. The number of benzene rings is 1. The fraction of sp³-hybridized carbons (Fsp3) is 0.417.